The number of carbonyl (C=O) groups excluding carboxylic acids is 1. The van der Waals surface area contributed by atoms with Crippen LogP contribution in [0.3, 0.4) is 0 Å². The molecular formula is C16H16F15NO4S. The smallest absolute Gasteiger partial charge is 0.460 e. The van der Waals surface area contributed by atoms with Gasteiger partial charge in [-0.2, -0.15) is 70.2 Å². The molecule has 0 N–H and O–H groups in total. The summed E-state index contributed by atoms with van der Waals surface area (Å²) in [7, 11) is -7.20. The van der Waals surface area contributed by atoms with E-state index in [1.165, 1.54) is 6.92 Å². The zero-order valence-corrected chi connectivity index (χ0v) is 19.0. The van der Waals surface area contributed by atoms with Crippen molar-refractivity contribution in [2.24, 2.45) is 0 Å². The van der Waals surface area contributed by atoms with Crippen LogP contribution < -0.4 is 0 Å². The molecule has 0 saturated heterocycles. The average molecular weight is 603 g/mol. The molecule has 5 nitrogen and oxygen atoms in total. The van der Waals surface area contributed by atoms with Crippen LogP contribution in [0.2, 0.25) is 0 Å². The number of nitrogens with zero attached hydrogens (tertiary/aromatic N) is 1. The fourth-order valence-corrected chi connectivity index (χ4v) is 3.37. The molecule has 0 bridgehead atoms. The van der Waals surface area contributed by atoms with Crippen molar-refractivity contribution in [2.75, 3.05) is 20.2 Å². The average Bonchev–Trinajstić information content (AvgIpc) is 2.71. The van der Waals surface area contributed by atoms with Gasteiger partial charge in [-0.15, -0.1) is 0 Å². The molecule has 0 atom stereocenters. The Morgan fingerprint density at radius 3 is 1.49 bits per heavy atom. The standard InChI is InChI=1S/C16H16F15NO4S/c1-8(2)9(33)36-7-5-4-6-32(3)37(34,35)16(30,31)14(25,26)12(21,22)10(17,18)11(19,20)13(23,24)15(27,28)29/h1,4-7H2,2-3H3. The first-order chi connectivity index (χ1) is 16.0. The van der Waals surface area contributed by atoms with Crippen LogP contribution in [0.15, 0.2) is 12.2 Å². The van der Waals surface area contributed by atoms with Gasteiger partial charge >= 0.3 is 47.0 Å². The largest absolute Gasteiger partial charge is 0.462 e. The van der Waals surface area contributed by atoms with E-state index in [4.69, 9.17) is 0 Å². The highest BCUT2D eigenvalue weighted by molar-refractivity contribution is 7.90. The summed E-state index contributed by atoms with van der Waals surface area (Å²) in [4.78, 5) is 11.1. The summed E-state index contributed by atoms with van der Waals surface area (Å²) in [5.74, 6) is -42.9. The van der Waals surface area contributed by atoms with Crippen molar-refractivity contribution < 1.29 is 83.8 Å². The summed E-state index contributed by atoms with van der Waals surface area (Å²) in [6.45, 7) is 2.53. The van der Waals surface area contributed by atoms with E-state index >= 15 is 0 Å². The molecule has 0 fully saturated rings. The van der Waals surface area contributed by atoms with E-state index < -0.39 is 87.3 Å². The molecule has 0 unspecified atom stereocenters. The van der Waals surface area contributed by atoms with E-state index in [2.05, 4.69) is 11.3 Å². The molecule has 0 aliphatic rings. The van der Waals surface area contributed by atoms with Gasteiger partial charge < -0.3 is 4.74 Å². The number of carbonyl (C=O) groups is 1. The van der Waals surface area contributed by atoms with E-state index in [9.17, 15) is 79.1 Å². The maximum atomic E-state index is 14.0. The van der Waals surface area contributed by atoms with Crippen LogP contribution in [0.25, 0.3) is 0 Å². The Balaban J connectivity index is 6.13. The zero-order valence-electron chi connectivity index (χ0n) is 18.2. The molecule has 0 aliphatic carbocycles. The fourth-order valence-electron chi connectivity index (χ4n) is 2.15. The molecule has 21 heteroatoms. The molecule has 0 aromatic heterocycles. The van der Waals surface area contributed by atoms with Gasteiger partial charge in [0.15, 0.2) is 0 Å². The van der Waals surface area contributed by atoms with Crippen LogP contribution in [-0.2, 0) is 19.6 Å². The quantitative estimate of drug-likeness (QED) is 0.121. The second-order valence-corrected chi connectivity index (χ2v) is 9.42. The highest BCUT2D eigenvalue weighted by Crippen LogP contribution is 2.63. The first-order valence-electron chi connectivity index (χ1n) is 9.12. The van der Waals surface area contributed by atoms with Gasteiger partial charge in [0.2, 0.25) is 0 Å². The molecule has 0 rings (SSSR count). The van der Waals surface area contributed by atoms with E-state index in [0.29, 0.717) is 0 Å². The Bertz CT molecular complexity index is 960. The van der Waals surface area contributed by atoms with Gasteiger partial charge in [0.1, 0.15) is 0 Å². The Labute approximate surface area is 198 Å². The van der Waals surface area contributed by atoms with Crippen LogP contribution in [0.4, 0.5) is 65.9 Å². The number of ether oxygens (including phenoxy) is 1. The maximum Gasteiger partial charge on any atom is 0.460 e. The van der Waals surface area contributed by atoms with Crippen molar-refractivity contribution in [3.63, 3.8) is 0 Å². The van der Waals surface area contributed by atoms with Gasteiger partial charge in [0.05, 0.1) is 6.61 Å². The number of alkyl halides is 15. The van der Waals surface area contributed by atoms with E-state index in [1.54, 1.807) is 0 Å². The molecule has 0 aromatic rings. The minimum absolute atomic E-state index is 0.00190. The van der Waals surface area contributed by atoms with Crippen molar-refractivity contribution in [3.8, 4) is 0 Å². The van der Waals surface area contributed by atoms with Crippen LogP contribution in [0.5, 0.6) is 0 Å². The van der Waals surface area contributed by atoms with E-state index in [1.807, 2.05) is 0 Å². The predicted molar refractivity (Wildman–Crippen MR) is 92.3 cm³/mol. The predicted octanol–water partition coefficient (Wildman–Crippen LogP) is 5.48. The third-order valence-electron chi connectivity index (χ3n) is 4.48. The van der Waals surface area contributed by atoms with Gasteiger partial charge in [0.25, 0.3) is 10.0 Å². The Kier molecular flexibility index (Phi) is 9.79. The van der Waals surface area contributed by atoms with Gasteiger partial charge in [-0.3, -0.25) is 0 Å². The van der Waals surface area contributed by atoms with Crippen LogP contribution >= 0.6 is 0 Å². The molecule has 0 amide bonds. The lowest BCUT2D eigenvalue weighted by Crippen LogP contribution is -2.73. The number of sulfonamides is 1. The maximum absolute atomic E-state index is 14.0. The van der Waals surface area contributed by atoms with Crippen LogP contribution in [0, 0.1) is 0 Å². The zero-order chi connectivity index (χ0) is 30.3. The monoisotopic (exact) mass is 603 g/mol. The topological polar surface area (TPSA) is 63.7 Å². The molecule has 0 heterocycles. The number of hydrogen-bond donors (Lipinski definition) is 0. The van der Waals surface area contributed by atoms with Gasteiger partial charge in [0, 0.05) is 19.2 Å². The molecule has 0 aliphatic heterocycles. The third-order valence-corrected chi connectivity index (χ3v) is 6.39. The van der Waals surface area contributed by atoms with E-state index in [0.717, 1.165) is 0 Å². The first kappa shape index (κ1) is 35.1. The lowest BCUT2D eigenvalue weighted by Gasteiger charge is -2.41. The Hall–Kier alpha value is -1.93. The Morgan fingerprint density at radius 2 is 1.11 bits per heavy atom. The Morgan fingerprint density at radius 1 is 0.730 bits per heavy atom. The van der Waals surface area contributed by atoms with Crippen LogP contribution in [-0.4, -0.2) is 79.9 Å². The number of unbranched alkanes of at least 4 members (excludes halogenated alkanes) is 1. The normalized spacial score (nSPS) is 15.2. The van der Waals surface area contributed by atoms with Crippen molar-refractivity contribution in [3.05, 3.63) is 12.2 Å². The van der Waals surface area contributed by atoms with E-state index in [-0.39, 0.29) is 12.6 Å². The second-order valence-electron chi connectivity index (χ2n) is 7.34. The van der Waals surface area contributed by atoms with Gasteiger partial charge in [-0.1, -0.05) is 6.58 Å². The molecule has 0 spiro atoms. The van der Waals surface area contributed by atoms with Gasteiger partial charge in [-0.25, -0.2) is 13.2 Å². The number of rotatable bonds is 13. The fraction of sp³-hybridized carbons (Fsp3) is 0.812. The lowest BCUT2D eigenvalue weighted by molar-refractivity contribution is -0.447. The first-order valence-corrected chi connectivity index (χ1v) is 10.6. The summed E-state index contributed by atoms with van der Waals surface area (Å²) in [6, 6.07) is 0. The number of halogens is 15. The molecular weight excluding hydrogens is 587 g/mol. The van der Waals surface area contributed by atoms with Gasteiger partial charge in [-0.05, 0) is 19.8 Å². The lowest BCUT2D eigenvalue weighted by atomic mass is 9.94. The summed E-state index contributed by atoms with van der Waals surface area (Å²) < 4.78 is 225. The van der Waals surface area contributed by atoms with Crippen LogP contribution in [0.1, 0.15) is 19.8 Å². The van der Waals surface area contributed by atoms with Crippen molar-refractivity contribution in [2.45, 2.75) is 60.8 Å². The molecule has 0 saturated carbocycles. The minimum atomic E-state index is -8.59. The summed E-state index contributed by atoms with van der Waals surface area (Å²) in [5, 5.41) is -7.46. The molecule has 37 heavy (non-hydrogen) atoms. The highest BCUT2D eigenvalue weighted by Gasteiger charge is 2.94. The molecule has 220 valence electrons. The highest BCUT2D eigenvalue weighted by atomic mass is 32.2. The SMILES string of the molecule is C=C(C)C(=O)OCCCCN(C)S(=O)(=O)C(F)(F)C(F)(F)C(F)(F)C(F)(F)C(F)(F)C(F)(F)C(F)(F)F. The molecule has 0 radical (unpaired) electrons. The summed E-state index contributed by atoms with van der Waals surface area (Å²) in [5.41, 5.74) is -0.113. The minimum Gasteiger partial charge on any atom is -0.462 e. The molecule has 0 aromatic carbocycles. The number of esters is 1. The van der Waals surface area contributed by atoms with Crippen molar-refractivity contribution in [1.29, 1.82) is 0 Å². The van der Waals surface area contributed by atoms with Crippen molar-refractivity contribution in [1.82, 2.24) is 4.31 Å². The third kappa shape index (κ3) is 5.60. The second kappa shape index (κ2) is 10.3. The number of hydrogen-bond acceptors (Lipinski definition) is 4. The van der Waals surface area contributed by atoms with Crippen molar-refractivity contribution >= 4 is 16.0 Å². The summed E-state index contributed by atoms with van der Waals surface area (Å²) >= 11 is 0. The summed E-state index contributed by atoms with van der Waals surface area (Å²) in [6.07, 6.45) is -8.81.